The average Bonchev–Trinajstić information content (AvgIpc) is 1.80. The molecule has 0 bridgehead atoms. The molecule has 0 aliphatic carbocycles. The van der Waals surface area contributed by atoms with Gasteiger partial charge in [-0.25, -0.2) is 0 Å². The second-order valence-electron chi connectivity index (χ2n) is 1.84. The molecule has 0 N–H and O–H groups in total. The lowest BCUT2D eigenvalue weighted by atomic mass is 10.3. The van der Waals surface area contributed by atoms with Crippen molar-refractivity contribution in [3.63, 3.8) is 0 Å². The van der Waals surface area contributed by atoms with Gasteiger partial charge in [0.15, 0.2) is 0 Å². The van der Waals surface area contributed by atoms with E-state index < -0.39 is 27.8 Å². The lowest BCUT2D eigenvalue weighted by Crippen LogP contribution is -2.47. The summed E-state index contributed by atoms with van der Waals surface area (Å²) in [5.41, 5.74) is 0. The van der Waals surface area contributed by atoms with Crippen molar-refractivity contribution in [3.8, 4) is 0 Å². The van der Waals surface area contributed by atoms with E-state index in [1.165, 1.54) is 0 Å². The Bertz CT molecular complexity index is 337. The Morgan fingerprint density at radius 3 is 1.79 bits per heavy atom. The zero-order valence-corrected chi connectivity index (χ0v) is 7.38. The molecule has 0 aromatic heterocycles. The van der Waals surface area contributed by atoms with Crippen molar-refractivity contribution in [1.82, 2.24) is 0 Å². The third kappa shape index (κ3) is 3.03. The fourth-order valence-electron chi connectivity index (χ4n) is 0.292. The van der Waals surface area contributed by atoms with Crippen LogP contribution in [0.15, 0.2) is 0 Å². The molecule has 0 aromatic carbocycles. The van der Waals surface area contributed by atoms with E-state index in [1.807, 2.05) is 0 Å². The minimum Gasteiger partial charge on any atom is -0.274 e. The maximum atomic E-state index is 12.1. The van der Waals surface area contributed by atoms with Crippen LogP contribution in [0.5, 0.6) is 0 Å². The molecule has 0 atom stereocenters. The van der Waals surface area contributed by atoms with E-state index >= 15 is 0 Å². The number of hydrogen-bond acceptors (Lipinski definition) is 4. The smallest absolute Gasteiger partial charge is 0.274 e. The van der Waals surface area contributed by atoms with Gasteiger partial charge in [0.05, 0.1) is 0 Å². The Morgan fingerprint density at radius 2 is 1.57 bits per heavy atom. The van der Waals surface area contributed by atoms with Crippen molar-refractivity contribution in [2.45, 2.75) is 12.0 Å². The second-order valence-corrected chi connectivity index (χ2v) is 3.14. The predicted octanol–water partition coefficient (Wildman–Crippen LogP) is 1.21. The van der Waals surface area contributed by atoms with Gasteiger partial charge in [0.2, 0.25) is 0 Å². The highest BCUT2D eigenvalue weighted by Gasteiger charge is 2.65. The Balaban J connectivity index is 5.06. The molecule has 0 aliphatic rings. The zero-order chi connectivity index (χ0) is 11.8. The van der Waals surface area contributed by atoms with E-state index in [1.54, 1.807) is 0 Å². The summed E-state index contributed by atoms with van der Waals surface area (Å²) in [6.07, 6.45) is -5.88. The third-order valence-corrected chi connectivity index (χ3v) is 1.46. The highest BCUT2D eigenvalue weighted by molar-refractivity contribution is 7.81. The first-order valence-electron chi connectivity index (χ1n) is 2.51. The van der Waals surface area contributed by atoms with E-state index in [4.69, 9.17) is 0 Å². The summed E-state index contributed by atoms with van der Waals surface area (Å²) < 4.78 is 80.7. The third-order valence-electron chi connectivity index (χ3n) is 0.817. The van der Waals surface area contributed by atoms with E-state index in [-0.39, 0.29) is 0 Å². The van der Waals surface area contributed by atoms with Gasteiger partial charge in [-0.2, -0.15) is 30.2 Å². The van der Waals surface area contributed by atoms with E-state index in [9.17, 15) is 34.7 Å². The minimum atomic E-state index is -6.34. The summed E-state index contributed by atoms with van der Waals surface area (Å²) in [7, 11) is -6.34. The fourth-order valence-corrected chi connectivity index (χ4v) is 0.756. The summed E-state index contributed by atoms with van der Waals surface area (Å²) in [5, 5.41) is -2.88. The van der Waals surface area contributed by atoms with Crippen LogP contribution in [-0.4, -0.2) is 25.7 Å². The second kappa shape index (κ2) is 3.59. The quantitative estimate of drug-likeness (QED) is 0.564. The van der Waals surface area contributed by atoms with Crippen LogP contribution in [0.3, 0.4) is 0 Å². The fraction of sp³-hybridized carbons (Fsp3) is 0.667. The molecule has 0 radical (unpaired) electrons. The van der Waals surface area contributed by atoms with Crippen LogP contribution in [-0.2, 0) is 19.5 Å². The van der Waals surface area contributed by atoms with Gasteiger partial charge in [-0.05, 0) is 11.6 Å². The topological polar surface area (TPSA) is 60.4 Å². The largest absolute Gasteiger partial charge is 0.444 e. The molecule has 0 rings (SSSR count). The minimum absolute atomic E-state index is 2.07. The first kappa shape index (κ1) is 13.5. The maximum absolute atomic E-state index is 12.1. The van der Waals surface area contributed by atoms with Crippen LogP contribution in [0.1, 0.15) is 0 Å². The van der Waals surface area contributed by atoms with Crippen molar-refractivity contribution in [2.24, 2.45) is 0 Å². The summed E-state index contributed by atoms with van der Waals surface area (Å²) >= 11 is 4.02. The zero-order valence-electron chi connectivity index (χ0n) is 5.81. The van der Waals surface area contributed by atoms with Gasteiger partial charge in [-0.15, -0.1) is 0 Å². The lowest BCUT2D eigenvalue weighted by molar-refractivity contribution is -0.290. The Morgan fingerprint density at radius 1 is 1.21 bits per heavy atom. The summed E-state index contributed by atoms with van der Waals surface area (Å²) in [6, 6.07) is 0. The highest BCUT2D eigenvalue weighted by Crippen LogP contribution is 2.38. The molecule has 0 spiro atoms. The van der Waals surface area contributed by atoms with Gasteiger partial charge in [-0.3, -0.25) is 4.79 Å². The van der Waals surface area contributed by atoms with Gasteiger partial charge in [0, 0.05) is 0 Å². The molecule has 84 valence electrons. The molecular formula is C3ClF5O4S. The number of carbonyl (C=O) groups is 1. The molecule has 4 nitrogen and oxygen atoms in total. The normalized spacial score (nSPS) is 14.1. The van der Waals surface area contributed by atoms with Gasteiger partial charge >= 0.3 is 27.8 Å². The molecule has 0 aliphatic heterocycles. The van der Waals surface area contributed by atoms with Crippen LogP contribution in [0.2, 0.25) is 0 Å². The van der Waals surface area contributed by atoms with Crippen molar-refractivity contribution in [1.29, 1.82) is 0 Å². The van der Waals surface area contributed by atoms with Crippen molar-refractivity contribution < 1.29 is 38.8 Å². The average molecular weight is 263 g/mol. The first-order valence-corrected chi connectivity index (χ1v) is 4.19. The molecule has 0 saturated carbocycles. The summed E-state index contributed by atoms with van der Waals surface area (Å²) in [6.45, 7) is 0. The first-order chi connectivity index (χ1) is 5.90. The van der Waals surface area contributed by atoms with E-state index in [0.717, 1.165) is 0 Å². The van der Waals surface area contributed by atoms with Crippen LogP contribution in [0.4, 0.5) is 21.4 Å². The molecule has 11 heteroatoms. The molecule has 0 unspecified atom stereocenters. The van der Waals surface area contributed by atoms with Crippen LogP contribution >= 0.6 is 11.6 Å². The van der Waals surface area contributed by atoms with Crippen molar-refractivity contribution >= 4 is 27.3 Å². The van der Waals surface area contributed by atoms with Crippen molar-refractivity contribution in [3.05, 3.63) is 0 Å². The van der Waals surface area contributed by atoms with Gasteiger partial charge in [0.25, 0.3) is 0 Å². The number of alkyl halides is 4. The maximum Gasteiger partial charge on any atom is 0.444 e. The SMILES string of the molecule is O=C(Cl)C(F)(F)C(F)(F)OS(=O)(=O)F. The molecule has 0 heterocycles. The summed E-state index contributed by atoms with van der Waals surface area (Å²) in [4.78, 5) is 9.74. The molecule has 14 heavy (non-hydrogen) atoms. The van der Waals surface area contributed by atoms with Crippen LogP contribution in [0.25, 0.3) is 0 Å². The van der Waals surface area contributed by atoms with Gasteiger partial charge in [0.1, 0.15) is 0 Å². The van der Waals surface area contributed by atoms with Gasteiger partial charge in [-0.1, -0.05) is 3.89 Å². The molecular weight excluding hydrogens is 263 g/mol. The lowest BCUT2D eigenvalue weighted by Gasteiger charge is -2.19. The predicted molar refractivity (Wildman–Crippen MR) is 31.9 cm³/mol. The molecule has 0 aromatic rings. The highest BCUT2D eigenvalue weighted by atomic mass is 35.5. The van der Waals surface area contributed by atoms with Crippen molar-refractivity contribution in [2.75, 3.05) is 0 Å². The monoisotopic (exact) mass is 262 g/mol. The molecule has 0 amide bonds. The summed E-state index contributed by atoms with van der Waals surface area (Å²) in [5.74, 6) is -5.65. The Hall–Kier alpha value is -0.480. The van der Waals surface area contributed by atoms with E-state index in [0.29, 0.717) is 0 Å². The number of hydrogen-bond donors (Lipinski definition) is 0. The molecule has 0 fully saturated rings. The Labute approximate surface area is 79.0 Å². The van der Waals surface area contributed by atoms with Crippen LogP contribution in [0, 0.1) is 0 Å². The van der Waals surface area contributed by atoms with E-state index in [2.05, 4.69) is 15.8 Å². The molecule has 0 saturated heterocycles. The number of carbonyl (C=O) groups excluding carboxylic acids is 1. The Kier molecular flexibility index (Phi) is 3.46. The van der Waals surface area contributed by atoms with Crippen LogP contribution < -0.4 is 0 Å². The number of rotatable bonds is 4. The number of halogens is 6. The standard InChI is InChI=1S/C3ClF5O4S/c4-1(10)2(5,6)3(7,8)13-14(9,11)12. The van der Waals surface area contributed by atoms with Gasteiger partial charge < -0.3 is 0 Å².